The summed E-state index contributed by atoms with van der Waals surface area (Å²) in [6.07, 6.45) is 0. The number of hydrazine groups is 1. The molecule has 0 saturated carbocycles. The number of carbonyl (C=O) groups excluding carboxylic acids is 2. The summed E-state index contributed by atoms with van der Waals surface area (Å²) < 4.78 is 11.6. The predicted molar refractivity (Wildman–Crippen MR) is 122 cm³/mol. The molecular formula is C24H17BrN2O5. The fraction of sp³-hybridized carbons (Fsp3) is 0.0417. The van der Waals surface area contributed by atoms with E-state index in [1.165, 1.54) is 6.07 Å². The van der Waals surface area contributed by atoms with Gasteiger partial charge in [0.25, 0.3) is 11.8 Å². The van der Waals surface area contributed by atoms with Crippen LogP contribution in [0.15, 0.2) is 92.5 Å². The van der Waals surface area contributed by atoms with Crippen LogP contribution in [0.2, 0.25) is 0 Å². The van der Waals surface area contributed by atoms with Gasteiger partial charge in [0.1, 0.15) is 23.5 Å². The van der Waals surface area contributed by atoms with E-state index in [1.54, 1.807) is 42.5 Å². The molecule has 0 aliphatic heterocycles. The van der Waals surface area contributed by atoms with Crippen LogP contribution in [-0.2, 0) is 6.61 Å². The molecule has 0 radical (unpaired) electrons. The fourth-order valence-corrected chi connectivity index (χ4v) is 3.32. The van der Waals surface area contributed by atoms with E-state index in [4.69, 9.17) is 9.15 Å². The average Bonchev–Trinajstić information content (AvgIpc) is 2.82. The Morgan fingerprint density at radius 1 is 0.875 bits per heavy atom. The number of nitrogens with one attached hydrogen (secondary N) is 2. The number of fused-ring (bicyclic) bond motifs is 1. The van der Waals surface area contributed by atoms with Crippen molar-refractivity contribution < 1.29 is 18.7 Å². The third-order valence-electron chi connectivity index (χ3n) is 4.59. The summed E-state index contributed by atoms with van der Waals surface area (Å²) in [5.74, 6) is -0.550. The number of ether oxygens (including phenoxy) is 1. The van der Waals surface area contributed by atoms with Gasteiger partial charge in [-0.3, -0.25) is 20.4 Å². The minimum Gasteiger partial charge on any atom is -0.489 e. The summed E-state index contributed by atoms with van der Waals surface area (Å²) in [4.78, 5) is 36.9. The molecule has 0 aliphatic carbocycles. The molecule has 2 N–H and O–H groups in total. The molecule has 0 atom stereocenters. The zero-order valence-electron chi connectivity index (χ0n) is 16.6. The van der Waals surface area contributed by atoms with Gasteiger partial charge in [-0.1, -0.05) is 46.3 Å². The number of rotatable bonds is 5. The smallest absolute Gasteiger partial charge is 0.349 e. The van der Waals surface area contributed by atoms with E-state index in [0.717, 1.165) is 15.8 Å². The quantitative estimate of drug-likeness (QED) is 0.321. The fourth-order valence-electron chi connectivity index (χ4n) is 2.94. The Bertz CT molecular complexity index is 1330. The van der Waals surface area contributed by atoms with Crippen LogP contribution >= 0.6 is 15.9 Å². The summed E-state index contributed by atoms with van der Waals surface area (Å²) in [5.41, 5.74) is 5.11. The van der Waals surface area contributed by atoms with Crippen LogP contribution in [0.25, 0.3) is 11.0 Å². The molecule has 0 bridgehead atoms. The molecule has 8 heteroatoms. The van der Waals surface area contributed by atoms with Crippen molar-refractivity contribution in [2.75, 3.05) is 0 Å². The molecule has 1 heterocycles. The van der Waals surface area contributed by atoms with Crippen LogP contribution in [0.4, 0.5) is 0 Å². The third kappa shape index (κ3) is 5.04. The topological polar surface area (TPSA) is 97.6 Å². The molecule has 0 saturated heterocycles. The summed E-state index contributed by atoms with van der Waals surface area (Å²) in [7, 11) is 0. The molecule has 1 aromatic heterocycles. The highest BCUT2D eigenvalue weighted by atomic mass is 79.9. The van der Waals surface area contributed by atoms with Crippen LogP contribution in [-0.4, -0.2) is 11.8 Å². The molecular weight excluding hydrogens is 476 g/mol. The monoisotopic (exact) mass is 492 g/mol. The molecule has 160 valence electrons. The van der Waals surface area contributed by atoms with Gasteiger partial charge in [0.15, 0.2) is 0 Å². The lowest BCUT2D eigenvalue weighted by molar-refractivity contribution is 0.0844. The van der Waals surface area contributed by atoms with Crippen molar-refractivity contribution in [3.05, 3.63) is 110 Å². The summed E-state index contributed by atoms with van der Waals surface area (Å²) in [6, 6.07) is 22.6. The van der Waals surface area contributed by atoms with Crippen LogP contribution < -0.4 is 21.2 Å². The van der Waals surface area contributed by atoms with Crippen LogP contribution in [0.3, 0.4) is 0 Å². The lowest BCUT2D eigenvalue weighted by atomic mass is 10.1. The maximum Gasteiger partial charge on any atom is 0.349 e. The minimum atomic E-state index is -0.797. The van der Waals surface area contributed by atoms with Gasteiger partial charge in [-0.2, -0.15) is 0 Å². The van der Waals surface area contributed by atoms with E-state index in [1.807, 2.05) is 30.3 Å². The van der Waals surface area contributed by atoms with Gasteiger partial charge >= 0.3 is 5.63 Å². The first-order chi connectivity index (χ1) is 15.5. The number of hydrogen-bond acceptors (Lipinski definition) is 5. The molecule has 4 rings (SSSR count). The SMILES string of the molecule is O=C(NNC(=O)c1cc2cc(Br)ccc2oc1=O)c1ccc(COc2ccccc2)cc1. The largest absolute Gasteiger partial charge is 0.489 e. The van der Waals surface area contributed by atoms with Gasteiger partial charge in [0.2, 0.25) is 0 Å². The van der Waals surface area contributed by atoms with E-state index in [-0.39, 0.29) is 5.56 Å². The summed E-state index contributed by atoms with van der Waals surface area (Å²) >= 11 is 3.33. The Morgan fingerprint density at radius 3 is 2.34 bits per heavy atom. The van der Waals surface area contributed by atoms with Gasteiger partial charge < -0.3 is 9.15 Å². The number of hydrogen-bond donors (Lipinski definition) is 2. The maximum atomic E-state index is 12.4. The van der Waals surface area contributed by atoms with Crippen molar-refractivity contribution in [3.63, 3.8) is 0 Å². The Hall–Kier alpha value is -3.91. The second-order valence-corrected chi connectivity index (χ2v) is 7.75. The molecule has 0 aliphatic rings. The Kier molecular flexibility index (Phi) is 6.32. The lowest BCUT2D eigenvalue weighted by Gasteiger charge is -2.09. The van der Waals surface area contributed by atoms with Gasteiger partial charge in [0, 0.05) is 15.4 Å². The summed E-state index contributed by atoms with van der Waals surface area (Å²) in [6.45, 7) is 0.358. The van der Waals surface area contributed by atoms with Crippen molar-refractivity contribution in [2.45, 2.75) is 6.61 Å². The second kappa shape index (κ2) is 9.49. The van der Waals surface area contributed by atoms with Crippen molar-refractivity contribution in [2.24, 2.45) is 0 Å². The number of halogens is 1. The molecule has 2 amide bonds. The number of carbonyl (C=O) groups is 2. The van der Waals surface area contributed by atoms with Crippen molar-refractivity contribution in [1.82, 2.24) is 10.9 Å². The Labute approximate surface area is 191 Å². The first-order valence-corrected chi connectivity index (χ1v) is 10.4. The van der Waals surface area contributed by atoms with E-state index < -0.39 is 17.4 Å². The number of benzene rings is 3. The third-order valence-corrected chi connectivity index (χ3v) is 5.09. The zero-order chi connectivity index (χ0) is 22.5. The molecule has 4 aromatic rings. The van der Waals surface area contributed by atoms with E-state index in [2.05, 4.69) is 26.8 Å². The predicted octanol–water partition coefficient (Wildman–Crippen LogP) is 4.21. The van der Waals surface area contributed by atoms with E-state index in [9.17, 15) is 14.4 Å². The Balaban J connectivity index is 1.37. The van der Waals surface area contributed by atoms with Gasteiger partial charge in [0.05, 0.1) is 0 Å². The van der Waals surface area contributed by atoms with Crippen molar-refractivity contribution >= 4 is 38.7 Å². The molecule has 0 fully saturated rings. The van der Waals surface area contributed by atoms with Crippen molar-refractivity contribution in [1.29, 1.82) is 0 Å². The highest BCUT2D eigenvalue weighted by Gasteiger charge is 2.15. The summed E-state index contributed by atoms with van der Waals surface area (Å²) in [5, 5.41) is 0.573. The van der Waals surface area contributed by atoms with Crippen LogP contribution in [0, 0.1) is 0 Å². The second-order valence-electron chi connectivity index (χ2n) is 6.84. The standard InChI is InChI=1S/C24H17BrN2O5/c25-18-10-11-21-17(12-18)13-20(24(30)32-21)23(29)27-26-22(28)16-8-6-15(7-9-16)14-31-19-4-2-1-3-5-19/h1-13H,14H2,(H,26,28)(H,27,29). The van der Waals surface area contributed by atoms with Gasteiger partial charge in [-0.15, -0.1) is 0 Å². The average molecular weight is 493 g/mol. The van der Waals surface area contributed by atoms with Crippen LogP contribution in [0.1, 0.15) is 26.3 Å². The van der Waals surface area contributed by atoms with Gasteiger partial charge in [-0.05, 0) is 54.1 Å². The Morgan fingerprint density at radius 2 is 1.59 bits per heavy atom. The zero-order valence-corrected chi connectivity index (χ0v) is 18.2. The normalized spacial score (nSPS) is 10.5. The molecule has 0 spiro atoms. The number of amides is 2. The maximum absolute atomic E-state index is 12.4. The van der Waals surface area contributed by atoms with Crippen LogP contribution in [0.5, 0.6) is 5.75 Å². The first-order valence-electron chi connectivity index (χ1n) is 9.60. The molecule has 32 heavy (non-hydrogen) atoms. The molecule has 0 unspecified atom stereocenters. The van der Waals surface area contributed by atoms with E-state index >= 15 is 0 Å². The highest BCUT2D eigenvalue weighted by molar-refractivity contribution is 9.10. The van der Waals surface area contributed by atoms with Crippen molar-refractivity contribution in [3.8, 4) is 5.75 Å². The first kappa shape index (κ1) is 21.3. The highest BCUT2D eigenvalue weighted by Crippen LogP contribution is 2.19. The number of para-hydroxylation sites is 1. The lowest BCUT2D eigenvalue weighted by Crippen LogP contribution is -2.43. The minimum absolute atomic E-state index is 0.218. The molecule has 3 aromatic carbocycles. The van der Waals surface area contributed by atoms with Gasteiger partial charge in [-0.25, -0.2) is 4.79 Å². The van der Waals surface area contributed by atoms with E-state index in [0.29, 0.717) is 23.1 Å². The molecule has 7 nitrogen and oxygen atoms in total.